The molecule has 0 aliphatic rings. The van der Waals surface area contributed by atoms with Gasteiger partial charge in [0.05, 0.1) is 19.3 Å². The number of carbonyl (C=O) groups excluding carboxylic acids is 1. The second kappa shape index (κ2) is 27.6. The molecule has 222 valence electrons. The van der Waals surface area contributed by atoms with E-state index in [2.05, 4.69) is 28.2 Å². The van der Waals surface area contributed by atoms with Crippen LogP contribution >= 0.6 is 23.8 Å². The van der Waals surface area contributed by atoms with E-state index in [0.29, 0.717) is 18.4 Å². The van der Waals surface area contributed by atoms with E-state index < -0.39 is 13.9 Å². The second-order valence-corrected chi connectivity index (χ2v) is 12.2. The Morgan fingerprint density at radius 1 is 0.757 bits per heavy atom. The Bertz CT molecular complexity index is 555. The molecule has 0 saturated carbocycles. The van der Waals surface area contributed by atoms with Crippen LogP contribution in [0.4, 0.5) is 0 Å². The molecule has 0 radical (unpaired) electrons. The predicted molar refractivity (Wildman–Crippen MR) is 157 cm³/mol. The van der Waals surface area contributed by atoms with E-state index in [9.17, 15) is 14.3 Å². The molecule has 0 fully saturated rings. The first-order valence-electron chi connectivity index (χ1n) is 15.0. The Labute approximate surface area is 236 Å². The number of phosphoric ester groups is 1. The molecule has 0 bridgehead atoms. The maximum Gasteiger partial charge on any atom is 0.472 e. The lowest BCUT2D eigenvalue weighted by Crippen LogP contribution is -2.36. The van der Waals surface area contributed by atoms with Crippen molar-refractivity contribution in [2.45, 2.75) is 142 Å². The van der Waals surface area contributed by atoms with Crippen molar-refractivity contribution in [2.75, 3.05) is 31.7 Å². The van der Waals surface area contributed by atoms with Gasteiger partial charge in [0.2, 0.25) is 5.91 Å². The van der Waals surface area contributed by atoms with Gasteiger partial charge in [-0.1, -0.05) is 133 Å². The zero-order valence-corrected chi connectivity index (χ0v) is 26.3. The van der Waals surface area contributed by atoms with Crippen molar-refractivity contribution in [1.29, 1.82) is 0 Å². The number of rotatable bonds is 29. The van der Waals surface area contributed by atoms with E-state index in [-0.39, 0.29) is 25.7 Å². The number of hydrogen-bond acceptors (Lipinski definition) is 5. The summed E-state index contributed by atoms with van der Waals surface area (Å²) in [5.41, 5.74) is 0. The van der Waals surface area contributed by atoms with E-state index in [0.717, 1.165) is 19.3 Å². The van der Waals surface area contributed by atoms with Crippen LogP contribution in [-0.2, 0) is 23.1 Å². The molecule has 0 aromatic rings. The SMILES string of the molecule is CCCCCCCCCCCCCCCCCCCOC(CNC(=O)CCC)COP(=O)(O)OCCBr. The number of hydrogen-bond donors (Lipinski definition) is 2. The summed E-state index contributed by atoms with van der Waals surface area (Å²) >= 11 is 3.15. The van der Waals surface area contributed by atoms with E-state index in [1.165, 1.54) is 96.3 Å². The van der Waals surface area contributed by atoms with E-state index in [4.69, 9.17) is 13.8 Å². The summed E-state index contributed by atoms with van der Waals surface area (Å²) in [5, 5.41) is 3.25. The van der Waals surface area contributed by atoms with Crippen molar-refractivity contribution in [2.24, 2.45) is 0 Å². The van der Waals surface area contributed by atoms with Gasteiger partial charge in [0.25, 0.3) is 0 Å². The van der Waals surface area contributed by atoms with Crippen LogP contribution < -0.4 is 5.32 Å². The van der Waals surface area contributed by atoms with Gasteiger partial charge in [-0.05, 0) is 12.8 Å². The Hall–Kier alpha value is 0.0200. The second-order valence-electron chi connectivity index (χ2n) is 9.99. The summed E-state index contributed by atoms with van der Waals surface area (Å²) in [7, 11) is -4.12. The Balaban J connectivity index is 3.78. The third-order valence-corrected chi connectivity index (χ3v) is 7.67. The lowest BCUT2D eigenvalue weighted by Gasteiger charge is -2.20. The van der Waals surface area contributed by atoms with Crippen LogP contribution in [0.2, 0.25) is 0 Å². The molecule has 2 atom stereocenters. The van der Waals surface area contributed by atoms with Gasteiger partial charge in [-0.25, -0.2) is 4.57 Å². The molecule has 1 amide bonds. The molecular formula is C28H57BrNO6P. The molecule has 0 aromatic heterocycles. The van der Waals surface area contributed by atoms with E-state index >= 15 is 0 Å². The molecule has 2 unspecified atom stereocenters. The van der Waals surface area contributed by atoms with E-state index in [1.54, 1.807) is 0 Å². The molecule has 2 N–H and O–H groups in total. The van der Waals surface area contributed by atoms with Crippen molar-refractivity contribution in [1.82, 2.24) is 5.32 Å². The molecule has 0 saturated heterocycles. The minimum Gasteiger partial charge on any atom is -0.374 e. The van der Waals surface area contributed by atoms with Gasteiger partial charge in [-0.3, -0.25) is 13.8 Å². The first-order valence-corrected chi connectivity index (χ1v) is 17.6. The highest BCUT2D eigenvalue weighted by atomic mass is 79.9. The van der Waals surface area contributed by atoms with Gasteiger partial charge < -0.3 is 14.9 Å². The molecule has 7 nitrogen and oxygen atoms in total. The smallest absolute Gasteiger partial charge is 0.374 e. The van der Waals surface area contributed by atoms with Crippen LogP contribution in [0.1, 0.15) is 136 Å². The van der Waals surface area contributed by atoms with Crippen molar-refractivity contribution in [3.8, 4) is 0 Å². The van der Waals surface area contributed by atoms with Crippen LogP contribution in [0.25, 0.3) is 0 Å². The highest BCUT2D eigenvalue weighted by molar-refractivity contribution is 9.09. The molecule has 0 aliphatic heterocycles. The molecule has 37 heavy (non-hydrogen) atoms. The van der Waals surface area contributed by atoms with Gasteiger partial charge in [-0.2, -0.15) is 0 Å². The summed E-state index contributed by atoms with van der Waals surface area (Å²) < 4.78 is 27.7. The predicted octanol–water partition coefficient (Wildman–Crippen LogP) is 8.47. The van der Waals surface area contributed by atoms with Crippen LogP contribution in [0, 0.1) is 0 Å². The fraction of sp³-hybridized carbons (Fsp3) is 0.964. The summed E-state index contributed by atoms with van der Waals surface area (Å²) in [6.45, 7) is 4.96. The Kier molecular flexibility index (Phi) is 27.6. The Morgan fingerprint density at radius 2 is 1.24 bits per heavy atom. The number of alkyl halides is 1. The highest BCUT2D eigenvalue weighted by Crippen LogP contribution is 2.43. The third kappa shape index (κ3) is 27.4. The summed E-state index contributed by atoms with van der Waals surface area (Å²) in [4.78, 5) is 21.5. The minimum absolute atomic E-state index is 0.0587. The van der Waals surface area contributed by atoms with Crippen LogP contribution in [0.15, 0.2) is 0 Å². The topological polar surface area (TPSA) is 94.1 Å². The number of nitrogens with one attached hydrogen (secondary N) is 1. The zero-order chi connectivity index (χ0) is 27.5. The fourth-order valence-electron chi connectivity index (χ4n) is 4.15. The molecule has 0 aromatic carbocycles. The average Bonchev–Trinajstić information content (AvgIpc) is 2.88. The maximum absolute atomic E-state index is 11.9. The summed E-state index contributed by atoms with van der Waals surface area (Å²) in [6.07, 6.45) is 23.2. The van der Waals surface area contributed by atoms with Crippen molar-refractivity contribution in [3.05, 3.63) is 0 Å². The third-order valence-electron chi connectivity index (χ3n) is 6.36. The van der Waals surface area contributed by atoms with Crippen molar-refractivity contribution >= 4 is 29.7 Å². The van der Waals surface area contributed by atoms with Gasteiger partial charge in [0, 0.05) is 24.9 Å². The van der Waals surface area contributed by atoms with Crippen LogP contribution in [-0.4, -0.2) is 48.6 Å². The van der Waals surface area contributed by atoms with Crippen molar-refractivity contribution < 1.29 is 28.0 Å². The highest BCUT2D eigenvalue weighted by Gasteiger charge is 2.23. The van der Waals surface area contributed by atoms with Gasteiger partial charge >= 0.3 is 7.82 Å². The lowest BCUT2D eigenvalue weighted by molar-refractivity contribution is -0.122. The molecule has 0 heterocycles. The monoisotopic (exact) mass is 613 g/mol. The Morgan fingerprint density at radius 3 is 1.70 bits per heavy atom. The molecule has 9 heteroatoms. The fourth-order valence-corrected chi connectivity index (χ4v) is 5.31. The molecule has 0 spiro atoms. The number of amides is 1. The molecule has 0 rings (SSSR count). The molecule has 0 aliphatic carbocycles. The molecular weight excluding hydrogens is 557 g/mol. The van der Waals surface area contributed by atoms with Gasteiger partial charge in [0.1, 0.15) is 0 Å². The lowest BCUT2D eigenvalue weighted by atomic mass is 10.0. The first-order chi connectivity index (χ1) is 17.9. The van der Waals surface area contributed by atoms with Crippen molar-refractivity contribution in [3.63, 3.8) is 0 Å². The minimum atomic E-state index is -4.12. The number of halogens is 1. The average molecular weight is 615 g/mol. The number of carbonyl (C=O) groups is 1. The van der Waals surface area contributed by atoms with Gasteiger partial charge in [0.15, 0.2) is 0 Å². The largest absolute Gasteiger partial charge is 0.472 e. The van der Waals surface area contributed by atoms with Crippen LogP contribution in [0.5, 0.6) is 0 Å². The number of phosphoric acid groups is 1. The summed E-state index contributed by atoms with van der Waals surface area (Å²) in [5.74, 6) is -0.0587. The van der Waals surface area contributed by atoms with Gasteiger partial charge in [-0.15, -0.1) is 0 Å². The zero-order valence-electron chi connectivity index (χ0n) is 23.9. The summed E-state index contributed by atoms with van der Waals surface area (Å²) in [6, 6.07) is 0. The standard InChI is InChI=1S/C28H57BrNO6P/c1-3-5-6-7-8-9-10-11-12-13-14-15-16-17-18-19-20-23-34-27(25-30-28(31)21-4-2)26-36-37(32,33)35-24-22-29/h27H,3-26H2,1-2H3,(H,30,31)(H,32,33). The number of unbranched alkanes of at least 4 members (excludes halogenated alkanes) is 16. The van der Waals surface area contributed by atoms with E-state index in [1.807, 2.05) is 6.92 Å². The first kappa shape index (κ1) is 37.0. The quantitative estimate of drug-likeness (QED) is 0.0499. The normalized spacial score (nSPS) is 13.9. The van der Waals surface area contributed by atoms with Crippen LogP contribution in [0.3, 0.4) is 0 Å². The number of ether oxygens (including phenoxy) is 1. The maximum atomic E-state index is 11.9.